The number of halogens is 2. The molecule has 6 rings (SSSR count). The van der Waals surface area contributed by atoms with Gasteiger partial charge in [0.25, 0.3) is 0 Å². The monoisotopic (exact) mass is 634 g/mol. The highest BCUT2D eigenvalue weighted by molar-refractivity contribution is 5.94. The predicted molar refractivity (Wildman–Crippen MR) is 164 cm³/mol. The maximum atomic E-state index is 14.2. The van der Waals surface area contributed by atoms with Gasteiger partial charge in [-0.25, -0.2) is 18.6 Å². The lowest BCUT2D eigenvalue weighted by atomic mass is 9.93. The molecule has 0 unspecified atom stereocenters. The molecule has 2 fully saturated rings. The van der Waals surface area contributed by atoms with Crippen molar-refractivity contribution in [3.8, 4) is 23.0 Å². The Morgan fingerprint density at radius 1 is 1.09 bits per heavy atom. The molecule has 242 valence electrons. The molecule has 0 bridgehead atoms. The summed E-state index contributed by atoms with van der Waals surface area (Å²) < 4.78 is 40.3. The van der Waals surface area contributed by atoms with Gasteiger partial charge in [-0.05, 0) is 69.7 Å². The van der Waals surface area contributed by atoms with E-state index in [1.165, 1.54) is 7.11 Å². The number of carbonyl (C=O) groups is 3. The average Bonchev–Trinajstić information content (AvgIpc) is 3.55. The first-order chi connectivity index (χ1) is 22.0. The van der Waals surface area contributed by atoms with Crippen LogP contribution in [0.15, 0.2) is 42.5 Å². The van der Waals surface area contributed by atoms with E-state index in [1.807, 2.05) is 12.2 Å². The minimum atomic E-state index is -1.40. The highest BCUT2D eigenvalue weighted by Crippen LogP contribution is 2.46. The van der Waals surface area contributed by atoms with Gasteiger partial charge in [-0.2, -0.15) is 4.98 Å². The summed E-state index contributed by atoms with van der Waals surface area (Å²) in [5.41, 5.74) is -0.183. The molecule has 2 heterocycles. The molecule has 46 heavy (non-hydrogen) atoms. The van der Waals surface area contributed by atoms with E-state index in [9.17, 15) is 28.3 Å². The molecule has 10 nitrogen and oxygen atoms in total. The van der Waals surface area contributed by atoms with Crippen molar-refractivity contribution in [2.24, 2.45) is 17.8 Å². The van der Waals surface area contributed by atoms with Gasteiger partial charge in [0, 0.05) is 36.7 Å². The van der Waals surface area contributed by atoms with Crippen LogP contribution in [0.25, 0.3) is 22.3 Å². The Kier molecular flexibility index (Phi) is 8.39. The molecule has 2 aliphatic carbocycles. The number of carboxylic acid groups (broad SMARTS) is 1. The van der Waals surface area contributed by atoms with Crippen LogP contribution in [0.5, 0.6) is 11.6 Å². The number of hydrogen-bond donors (Lipinski definition) is 2. The highest BCUT2D eigenvalue weighted by atomic mass is 19.1. The number of fused-ring (bicyclic) bond motifs is 3. The van der Waals surface area contributed by atoms with Crippen molar-refractivity contribution in [2.45, 2.75) is 57.1 Å². The fourth-order valence-electron chi connectivity index (χ4n) is 6.76. The second-order valence-corrected chi connectivity index (χ2v) is 12.5. The zero-order valence-electron chi connectivity index (χ0n) is 25.9. The van der Waals surface area contributed by atoms with Crippen LogP contribution >= 0.6 is 0 Å². The van der Waals surface area contributed by atoms with E-state index in [-0.39, 0.29) is 48.4 Å². The molecule has 3 aliphatic rings. The Bertz CT molecular complexity index is 1730. The Hall–Kier alpha value is -4.61. The number of nitrogens with one attached hydrogen (secondary N) is 1. The molecule has 1 aliphatic heterocycles. The molecule has 0 radical (unpaired) electrons. The van der Waals surface area contributed by atoms with Gasteiger partial charge in [0.1, 0.15) is 29.0 Å². The minimum absolute atomic E-state index is 0.0265. The number of aryl methyl sites for hydroxylation is 1. The summed E-state index contributed by atoms with van der Waals surface area (Å²) in [5, 5.41) is 13.3. The summed E-state index contributed by atoms with van der Waals surface area (Å²) in [7, 11) is 3.23. The third kappa shape index (κ3) is 5.88. The van der Waals surface area contributed by atoms with Crippen molar-refractivity contribution in [3.63, 3.8) is 0 Å². The number of methoxy groups -OCH3 is 1. The number of carboxylic acids is 1. The number of nitrogens with zero attached hydrogens (tertiary/aromatic N) is 3. The van der Waals surface area contributed by atoms with Crippen LogP contribution in [-0.4, -0.2) is 70.1 Å². The van der Waals surface area contributed by atoms with Crippen LogP contribution < -0.4 is 14.8 Å². The number of allylic oxidation sites excluding steroid dienone is 1. The number of aliphatic carboxylic acids is 1. The summed E-state index contributed by atoms with van der Waals surface area (Å²) in [6.07, 6.45) is 6.15. The van der Waals surface area contributed by atoms with E-state index in [0.29, 0.717) is 28.8 Å². The van der Waals surface area contributed by atoms with Crippen LogP contribution in [0.3, 0.4) is 0 Å². The van der Waals surface area contributed by atoms with Gasteiger partial charge < -0.3 is 24.8 Å². The van der Waals surface area contributed by atoms with Gasteiger partial charge in [0.15, 0.2) is 5.82 Å². The zero-order chi connectivity index (χ0) is 32.7. The molecule has 3 aromatic rings. The Morgan fingerprint density at radius 2 is 1.83 bits per heavy atom. The molecule has 2 aromatic carbocycles. The first-order valence-corrected chi connectivity index (χ1v) is 15.5. The van der Waals surface area contributed by atoms with E-state index in [1.54, 1.807) is 31.0 Å². The fourth-order valence-corrected chi connectivity index (χ4v) is 6.76. The lowest BCUT2D eigenvalue weighted by Crippen LogP contribution is -2.49. The van der Waals surface area contributed by atoms with Gasteiger partial charge in [-0.3, -0.25) is 9.59 Å². The molecule has 2 saturated carbocycles. The second kappa shape index (κ2) is 12.3. The third-order valence-corrected chi connectivity index (χ3v) is 9.43. The number of hydrogen-bond acceptors (Lipinski definition) is 7. The molecular weight excluding hydrogens is 598 g/mol. The van der Waals surface area contributed by atoms with Crippen molar-refractivity contribution in [1.29, 1.82) is 0 Å². The number of amides is 2. The summed E-state index contributed by atoms with van der Waals surface area (Å²) in [6, 6.07) is 6.47. The van der Waals surface area contributed by atoms with Crippen LogP contribution in [0.1, 0.15) is 44.1 Å². The topological polar surface area (TPSA) is 131 Å². The maximum Gasteiger partial charge on any atom is 0.330 e. The Morgan fingerprint density at radius 3 is 2.54 bits per heavy atom. The van der Waals surface area contributed by atoms with E-state index >= 15 is 0 Å². The lowest BCUT2D eigenvalue weighted by Gasteiger charge is -2.26. The molecular formula is C34H36F2N4O6. The van der Waals surface area contributed by atoms with Crippen LogP contribution in [0.4, 0.5) is 8.78 Å². The first-order valence-electron chi connectivity index (χ1n) is 15.5. The summed E-state index contributed by atoms with van der Waals surface area (Å²) in [5.74, 6) is -4.60. The van der Waals surface area contributed by atoms with Crippen LogP contribution in [0, 0.1) is 36.3 Å². The molecule has 0 spiro atoms. The molecule has 2 N–H and O–H groups in total. The van der Waals surface area contributed by atoms with Gasteiger partial charge >= 0.3 is 5.97 Å². The van der Waals surface area contributed by atoms with E-state index in [4.69, 9.17) is 9.47 Å². The van der Waals surface area contributed by atoms with Gasteiger partial charge in [-0.15, -0.1) is 0 Å². The molecule has 0 saturated heterocycles. The number of carbonyl (C=O) groups excluding carboxylic acids is 2. The summed E-state index contributed by atoms with van der Waals surface area (Å²) in [4.78, 5) is 50.6. The predicted octanol–water partition coefficient (Wildman–Crippen LogP) is 4.82. The van der Waals surface area contributed by atoms with E-state index in [0.717, 1.165) is 37.5 Å². The smallest absolute Gasteiger partial charge is 0.330 e. The first kappa shape index (κ1) is 31.4. The number of ether oxygens (including phenoxy) is 2. The molecule has 2 amide bonds. The third-order valence-electron chi connectivity index (χ3n) is 9.43. The lowest BCUT2D eigenvalue weighted by molar-refractivity contribution is -0.145. The maximum absolute atomic E-state index is 14.2. The van der Waals surface area contributed by atoms with Crippen molar-refractivity contribution in [2.75, 3.05) is 20.7 Å². The number of rotatable bonds is 5. The molecule has 5 atom stereocenters. The van der Waals surface area contributed by atoms with Gasteiger partial charge in [0.05, 0.1) is 29.8 Å². The summed E-state index contributed by atoms with van der Waals surface area (Å²) in [6.45, 7) is 2.32. The normalized spacial score (nSPS) is 27.3. The summed E-state index contributed by atoms with van der Waals surface area (Å²) >= 11 is 0. The van der Waals surface area contributed by atoms with Gasteiger partial charge in [0.2, 0.25) is 17.7 Å². The standard InChI is InChI=1S/C34H36F2N4O6/c1-18-27(45-3)10-9-24-28(18)37-29(19-12-21(35)14-22(36)13-19)38-31(24)46-23-15-25-26(16-23)32(42)40(2)11-7-5-4-6-8-20-17-34(20,33(43)44)39-30(25)41/h6,8-10,12-14,20,23,25-26H,4-5,7,11,15-17H2,1-3H3,(H,39,41)(H,43,44)/b8-6-/t20-,23+,25+,26+,34+/m0/s1. The largest absolute Gasteiger partial charge is 0.496 e. The molecule has 12 heteroatoms. The number of benzene rings is 2. The Balaban J connectivity index is 1.36. The van der Waals surface area contributed by atoms with E-state index < -0.39 is 47.0 Å². The second-order valence-electron chi connectivity index (χ2n) is 12.5. The van der Waals surface area contributed by atoms with Crippen molar-refractivity contribution in [1.82, 2.24) is 20.2 Å². The van der Waals surface area contributed by atoms with Crippen LogP contribution in [0.2, 0.25) is 0 Å². The van der Waals surface area contributed by atoms with Crippen LogP contribution in [-0.2, 0) is 14.4 Å². The SMILES string of the molecule is COc1ccc2c(O[C@@H]3C[C@H]4C(=O)N[C@]5(C(=O)O)C[C@@H]5/C=C\CCCCN(C)C(=O)[C@@H]4C3)nc(-c3cc(F)cc(F)c3)nc2c1C. The Labute approximate surface area is 264 Å². The number of aromatic nitrogens is 2. The van der Waals surface area contributed by atoms with Crippen molar-refractivity contribution >= 4 is 28.7 Å². The minimum Gasteiger partial charge on any atom is -0.496 e. The van der Waals surface area contributed by atoms with Gasteiger partial charge in [-0.1, -0.05) is 12.2 Å². The average molecular weight is 635 g/mol. The highest BCUT2D eigenvalue weighted by Gasteiger charge is 2.61. The quantitative estimate of drug-likeness (QED) is 0.382. The van der Waals surface area contributed by atoms with Crippen molar-refractivity contribution < 1.29 is 37.7 Å². The zero-order valence-corrected chi connectivity index (χ0v) is 25.9. The molecule has 1 aromatic heterocycles. The fraction of sp³-hybridized carbons (Fsp3) is 0.441. The van der Waals surface area contributed by atoms with Crippen molar-refractivity contribution in [3.05, 3.63) is 59.7 Å². The van der Waals surface area contributed by atoms with E-state index in [2.05, 4.69) is 15.3 Å².